The minimum absolute atomic E-state index is 0.0761. The van der Waals surface area contributed by atoms with E-state index in [1.54, 1.807) is 12.1 Å². The van der Waals surface area contributed by atoms with Crippen LogP contribution in [0.1, 0.15) is 32.8 Å². The van der Waals surface area contributed by atoms with Gasteiger partial charge in [0.1, 0.15) is 12.4 Å². The number of nitro benzene ring substituents is 1. The second-order valence-electron chi connectivity index (χ2n) is 4.98. The summed E-state index contributed by atoms with van der Waals surface area (Å²) in [6.45, 7) is 10.9. The molecule has 0 unspecified atom stereocenters. The van der Waals surface area contributed by atoms with Gasteiger partial charge in [-0.05, 0) is 18.1 Å². The van der Waals surface area contributed by atoms with Gasteiger partial charge < -0.3 is 10.1 Å². The Morgan fingerprint density at radius 2 is 2.20 bits per heavy atom. The van der Waals surface area contributed by atoms with Crippen molar-refractivity contribution in [2.24, 2.45) is 0 Å². The van der Waals surface area contributed by atoms with E-state index < -0.39 is 4.92 Å². The van der Waals surface area contributed by atoms with Gasteiger partial charge in [-0.2, -0.15) is 0 Å². The molecular weight excluding hydrogens is 256 g/mol. The first-order valence-electron chi connectivity index (χ1n) is 6.74. The maximum Gasteiger partial charge on any atom is 0.270 e. The highest BCUT2D eigenvalue weighted by molar-refractivity contribution is 5.44. The van der Waals surface area contributed by atoms with Gasteiger partial charge in [-0.25, -0.2) is 0 Å². The molecule has 0 bridgehead atoms. The fraction of sp³-hybridized carbons (Fsp3) is 0.467. The van der Waals surface area contributed by atoms with Crippen LogP contribution in [-0.2, 0) is 6.54 Å². The average Bonchev–Trinajstić information content (AvgIpc) is 2.42. The number of nitro groups is 1. The first kappa shape index (κ1) is 16.2. The predicted octanol–water partition coefficient (Wildman–Crippen LogP) is 3.44. The lowest BCUT2D eigenvalue weighted by Crippen LogP contribution is -2.22. The summed E-state index contributed by atoms with van der Waals surface area (Å²) in [6, 6.07) is 4.97. The van der Waals surface area contributed by atoms with E-state index in [9.17, 15) is 10.1 Å². The molecule has 110 valence electrons. The van der Waals surface area contributed by atoms with E-state index in [4.69, 9.17) is 4.74 Å². The molecule has 5 nitrogen and oxygen atoms in total. The van der Waals surface area contributed by atoms with Gasteiger partial charge in [-0.15, -0.1) is 0 Å². The minimum Gasteiger partial charge on any atom is -0.489 e. The monoisotopic (exact) mass is 278 g/mol. The number of nitrogens with zero attached hydrogens (tertiary/aromatic N) is 1. The molecule has 0 saturated carbocycles. The fourth-order valence-electron chi connectivity index (χ4n) is 1.55. The fourth-order valence-corrected chi connectivity index (χ4v) is 1.55. The quantitative estimate of drug-likeness (QED) is 0.449. The van der Waals surface area contributed by atoms with Crippen LogP contribution in [0.15, 0.2) is 30.4 Å². The van der Waals surface area contributed by atoms with Crippen molar-refractivity contribution < 1.29 is 9.66 Å². The standard InChI is InChI=1S/C15H22N2O3/c1-5-12(4)10-20-15-7-6-14(17(18)19)8-13(15)9-16-11(2)3/h6-8,11,16H,4-5,9-10H2,1-3H3. The summed E-state index contributed by atoms with van der Waals surface area (Å²) in [7, 11) is 0. The van der Waals surface area contributed by atoms with Crippen LogP contribution in [0.5, 0.6) is 5.75 Å². The number of hydrogen-bond acceptors (Lipinski definition) is 4. The van der Waals surface area contributed by atoms with Crippen LogP contribution in [-0.4, -0.2) is 17.6 Å². The summed E-state index contributed by atoms with van der Waals surface area (Å²) < 4.78 is 5.69. The summed E-state index contributed by atoms with van der Waals surface area (Å²) in [6.07, 6.45) is 0.854. The van der Waals surface area contributed by atoms with Crippen LogP contribution < -0.4 is 10.1 Å². The molecule has 0 heterocycles. The van der Waals surface area contributed by atoms with Gasteiger partial charge in [0.15, 0.2) is 0 Å². The van der Waals surface area contributed by atoms with E-state index in [-0.39, 0.29) is 5.69 Å². The molecule has 0 atom stereocenters. The second kappa shape index (κ2) is 7.65. The Morgan fingerprint density at radius 3 is 2.75 bits per heavy atom. The number of non-ortho nitro benzene ring substituents is 1. The molecule has 0 aliphatic heterocycles. The normalized spacial score (nSPS) is 10.6. The van der Waals surface area contributed by atoms with Crippen molar-refractivity contribution >= 4 is 5.69 Å². The van der Waals surface area contributed by atoms with Gasteiger partial charge in [-0.1, -0.05) is 27.4 Å². The number of rotatable bonds is 8. The summed E-state index contributed by atoms with van der Waals surface area (Å²) in [4.78, 5) is 10.5. The van der Waals surface area contributed by atoms with E-state index in [0.717, 1.165) is 17.6 Å². The Balaban J connectivity index is 2.90. The maximum atomic E-state index is 10.8. The van der Waals surface area contributed by atoms with Crippen LogP contribution in [0.2, 0.25) is 0 Å². The van der Waals surface area contributed by atoms with E-state index in [1.807, 2.05) is 20.8 Å². The van der Waals surface area contributed by atoms with E-state index in [2.05, 4.69) is 11.9 Å². The zero-order valence-corrected chi connectivity index (χ0v) is 12.3. The number of ether oxygens (including phenoxy) is 1. The topological polar surface area (TPSA) is 64.4 Å². The molecule has 0 saturated heterocycles. The Kier molecular flexibility index (Phi) is 6.18. The zero-order chi connectivity index (χ0) is 15.1. The highest BCUT2D eigenvalue weighted by Crippen LogP contribution is 2.24. The molecule has 0 radical (unpaired) electrons. The highest BCUT2D eigenvalue weighted by Gasteiger charge is 2.12. The largest absolute Gasteiger partial charge is 0.489 e. The zero-order valence-electron chi connectivity index (χ0n) is 12.3. The van der Waals surface area contributed by atoms with Crippen molar-refractivity contribution in [1.29, 1.82) is 0 Å². The van der Waals surface area contributed by atoms with Crippen molar-refractivity contribution in [1.82, 2.24) is 5.32 Å². The van der Waals surface area contributed by atoms with Crippen LogP contribution in [0.3, 0.4) is 0 Å². The number of nitrogens with one attached hydrogen (secondary N) is 1. The van der Waals surface area contributed by atoms with Crippen LogP contribution >= 0.6 is 0 Å². The smallest absolute Gasteiger partial charge is 0.270 e. The number of hydrogen-bond donors (Lipinski definition) is 1. The van der Waals surface area contributed by atoms with E-state index in [0.29, 0.717) is 24.9 Å². The third-order valence-electron chi connectivity index (χ3n) is 2.89. The third kappa shape index (κ3) is 5.01. The molecule has 1 aromatic carbocycles. The summed E-state index contributed by atoms with van der Waals surface area (Å²) >= 11 is 0. The highest BCUT2D eigenvalue weighted by atomic mass is 16.6. The predicted molar refractivity (Wildman–Crippen MR) is 80.0 cm³/mol. The SMILES string of the molecule is C=C(CC)COc1ccc([N+](=O)[O-])cc1CNC(C)C. The van der Waals surface area contributed by atoms with Crippen molar-refractivity contribution in [2.75, 3.05) is 6.61 Å². The van der Waals surface area contributed by atoms with Crippen molar-refractivity contribution in [3.8, 4) is 5.75 Å². The molecule has 0 aliphatic rings. The first-order chi connectivity index (χ1) is 9.43. The molecule has 0 spiro atoms. The first-order valence-corrected chi connectivity index (χ1v) is 6.74. The lowest BCUT2D eigenvalue weighted by atomic mass is 10.1. The molecule has 0 aliphatic carbocycles. The number of benzene rings is 1. The lowest BCUT2D eigenvalue weighted by Gasteiger charge is -2.14. The molecule has 0 aromatic heterocycles. The Bertz CT molecular complexity index is 484. The van der Waals surface area contributed by atoms with Crippen LogP contribution in [0, 0.1) is 10.1 Å². The summed E-state index contributed by atoms with van der Waals surface area (Å²) in [5, 5.41) is 14.1. The van der Waals surface area contributed by atoms with Crippen LogP contribution in [0.25, 0.3) is 0 Å². The van der Waals surface area contributed by atoms with E-state index >= 15 is 0 Å². The van der Waals surface area contributed by atoms with Crippen LogP contribution in [0.4, 0.5) is 5.69 Å². The van der Waals surface area contributed by atoms with Gasteiger partial charge in [0.05, 0.1) is 4.92 Å². The average molecular weight is 278 g/mol. The molecule has 5 heteroatoms. The van der Waals surface area contributed by atoms with Crippen molar-refractivity contribution in [3.63, 3.8) is 0 Å². The molecular formula is C15H22N2O3. The Labute approximate surface area is 119 Å². The third-order valence-corrected chi connectivity index (χ3v) is 2.89. The molecule has 1 aromatic rings. The summed E-state index contributed by atoms with van der Waals surface area (Å²) in [5.74, 6) is 0.665. The van der Waals surface area contributed by atoms with E-state index in [1.165, 1.54) is 6.07 Å². The van der Waals surface area contributed by atoms with Crippen molar-refractivity contribution in [3.05, 3.63) is 46.0 Å². The lowest BCUT2D eigenvalue weighted by molar-refractivity contribution is -0.384. The van der Waals surface area contributed by atoms with Gasteiger partial charge in [0, 0.05) is 30.3 Å². The second-order valence-corrected chi connectivity index (χ2v) is 4.98. The van der Waals surface area contributed by atoms with Gasteiger partial charge >= 0.3 is 0 Å². The Hall–Kier alpha value is -1.88. The van der Waals surface area contributed by atoms with Gasteiger partial charge in [0.2, 0.25) is 0 Å². The van der Waals surface area contributed by atoms with Gasteiger partial charge in [0.25, 0.3) is 5.69 Å². The molecule has 1 N–H and O–H groups in total. The van der Waals surface area contributed by atoms with Crippen molar-refractivity contribution in [2.45, 2.75) is 39.8 Å². The summed E-state index contributed by atoms with van der Waals surface area (Å²) in [5.41, 5.74) is 1.86. The molecule has 1 rings (SSSR count). The molecule has 0 fully saturated rings. The Morgan fingerprint density at radius 1 is 1.50 bits per heavy atom. The maximum absolute atomic E-state index is 10.8. The van der Waals surface area contributed by atoms with Gasteiger partial charge in [-0.3, -0.25) is 10.1 Å². The molecule has 0 amide bonds. The molecule has 20 heavy (non-hydrogen) atoms. The minimum atomic E-state index is -0.395.